The van der Waals surface area contributed by atoms with Crippen LogP contribution in [0.4, 0.5) is 15.3 Å². The van der Waals surface area contributed by atoms with Crippen LogP contribution in [0.2, 0.25) is 5.02 Å². The van der Waals surface area contributed by atoms with Gasteiger partial charge in [-0.3, -0.25) is 0 Å². The van der Waals surface area contributed by atoms with Crippen molar-refractivity contribution < 1.29 is 24.2 Å². The van der Waals surface area contributed by atoms with Crippen molar-refractivity contribution in [1.82, 2.24) is 9.80 Å². The summed E-state index contributed by atoms with van der Waals surface area (Å²) in [4.78, 5) is 38.8. The van der Waals surface area contributed by atoms with E-state index in [0.717, 1.165) is 0 Å². The fourth-order valence-corrected chi connectivity index (χ4v) is 2.59. The number of carboxylic acids is 1. The number of ether oxygens (including phenoxy) is 1. The largest absolute Gasteiger partial charge is 0.478 e. The zero-order chi connectivity index (χ0) is 19.5. The third-order valence-corrected chi connectivity index (χ3v) is 3.91. The summed E-state index contributed by atoms with van der Waals surface area (Å²) in [5.74, 6) is -1.18. The highest BCUT2D eigenvalue weighted by atomic mass is 35.5. The second-order valence-corrected chi connectivity index (χ2v) is 7.32. The second-order valence-electron chi connectivity index (χ2n) is 6.88. The number of hydrogen-bond donors (Lipinski definition) is 2. The lowest BCUT2D eigenvalue weighted by Crippen LogP contribution is -2.52. The van der Waals surface area contributed by atoms with Crippen molar-refractivity contribution in [3.05, 3.63) is 28.8 Å². The Hall–Kier alpha value is -2.48. The lowest BCUT2D eigenvalue weighted by molar-refractivity contribution is 0.0174. The van der Waals surface area contributed by atoms with Crippen LogP contribution < -0.4 is 5.32 Å². The molecule has 0 saturated carbocycles. The molecule has 0 aromatic heterocycles. The monoisotopic (exact) mass is 383 g/mol. The van der Waals surface area contributed by atoms with Crippen LogP contribution in [-0.2, 0) is 4.74 Å². The third-order valence-electron chi connectivity index (χ3n) is 3.67. The Bertz CT molecular complexity index is 709. The number of halogens is 1. The zero-order valence-electron chi connectivity index (χ0n) is 14.9. The first-order valence-corrected chi connectivity index (χ1v) is 8.51. The van der Waals surface area contributed by atoms with Crippen molar-refractivity contribution in [2.75, 3.05) is 31.5 Å². The van der Waals surface area contributed by atoms with E-state index in [2.05, 4.69) is 5.32 Å². The summed E-state index contributed by atoms with van der Waals surface area (Å²) in [5, 5.41) is 12.1. The summed E-state index contributed by atoms with van der Waals surface area (Å²) in [5.41, 5.74) is -0.493. The zero-order valence-corrected chi connectivity index (χ0v) is 15.7. The summed E-state index contributed by atoms with van der Waals surface area (Å²) in [6, 6.07) is 3.80. The van der Waals surface area contributed by atoms with E-state index in [0.29, 0.717) is 26.2 Å². The maximum Gasteiger partial charge on any atom is 0.410 e. The number of rotatable bonds is 2. The van der Waals surface area contributed by atoms with Crippen molar-refractivity contribution in [3.63, 3.8) is 0 Å². The molecule has 1 saturated heterocycles. The van der Waals surface area contributed by atoms with Crippen LogP contribution in [0.5, 0.6) is 0 Å². The first-order valence-electron chi connectivity index (χ1n) is 8.13. The predicted octanol–water partition coefficient (Wildman–Crippen LogP) is 3.12. The van der Waals surface area contributed by atoms with Crippen molar-refractivity contribution >= 4 is 35.4 Å². The van der Waals surface area contributed by atoms with Gasteiger partial charge in [0.25, 0.3) is 0 Å². The Morgan fingerprint density at radius 1 is 1.12 bits per heavy atom. The molecule has 0 bridgehead atoms. The molecule has 26 heavy (non-hydrogen) atoms. The molecule has 1 aromatic rings. The first kappa shape index (κ1) is 19.8. The van der Waals surface area contributed by atoms with E-state index in [9.17, 15) is 19.5 Å². The summed E-state index contributed by atoms with van der Waals surface area (Å²) in [7, 11) is 0. The minimum atomic E-state index is -1.18. The number of nitrogens with one attached hydrogen (secondary N) is 1. The average molecular weight is 384 g/mol. The second kappa shape index (κ2) is 7.82. The molecule has 2 N–H and O–H groups in total. The van der Waals surface area contributed by atoms with Gasteiger partial charge in [-0.2, -0.15) is 0 Å². The number of urea groups is 1. The molecule has 2 rings (SSSR count). The fourth-order valence-electron chi connectivity index (χ4n) is 2.42. The molecule has 0 unspecified atom stereocenters. The Balaban J connectivity index is 1.95. The Morgan fingerprint density at radius 3 is 2.23 bits per heavy atom. The fraction of sp³-hybridized carbons (Fsp3) is 0.471. The van der Waals surface area contributed by atoms with Gasteiger partial charge < -0.3 is 25.0 Å². The Kier molecular flexibility index (Phi) is 5.97. The number of nitrogens with zero attached hydrogens (tertiary/aromatic N) is 2. The van der Waals surface area contributed by atoms with Gasteiger partial charge in [0.15, 0.2) is 0 Å². The molecular weight excluding hydrogens is 362 g/mol. The molecule has 1 aromatic carbocycles. The van der Waals surface area contributed by atoms with Crippen LogP contribution in [0.3, 0.4) is 0 Å². The molecule has 0 radical (unpaired) electrons. The molecule has 1 aliphatic rings. The van der Waals surface area contributed by atoms with Gasteiger partial charge in [0.2, 0.25) is 0 Å². The van der Waals surface area contributed by atoms with Gasteiger partial charge in [-0.15, -0.1) is 0 Å². The van der Waals surface area contributed by atoms with E-state index < -0.39 is 23.7 Å². The molecule has 3 amide bonds. The number of carbonyl (C=O) groups excluding carboxylic acids is 2. The highest BCUT2D eigenvalue weighted by Crippen LogP contribution is 2.21. The highest BCUT2D eigenvalue weighted by molar-refractivity contribution is 6.31. The van der Waals surface area contributed by atoms with Crippen molar-refractivity contribution in [3.8, 4) is 0 Å². The molecule has 0 spiro atoms. The minimum Gasteiger partial charge on any atom is -0.478 e. The Morgan fingerprint density at radius 2 is 1.69 bits per heavy atom. The van der Waals surface area contributed by atoms with Gasteiger partial charge >= 0.3 is 18.1 Å². The van der Waals surface area contributed by atoms with E-state index >= 15 is 0 Å². The van der Waals surface area contributed by atoms with Crippen LogP contribution in [0, 0.1) is 0 Å². The molecule has 142 valence electrons. The lowest BCUT2D eigenvalue weighted by Gasteiger charge is -2.35. The van der Waals surface area contributed by atoms with E-state index in [-0.39, 0.29) is 16.3 Å². The number of anilines is 1. The molecule has 0 atom stereocenters. The molecule has 9 heteroatoms. The van der Waals surface area contributed by atoms with Crippen molar-refractivity contribution in [2.45, 2.75) is 26.4 Å². The molecule has 0 aliphatic carbocycles. The van der Waals surface area contributed by atoms with Gasteiger partial charge in [0, 0.05) is 31.2 Å². The van der Waals surface area contributed by atoms with Crippen LogP contribution in [0.25, 0.3) is 0 Å². The van der Waals surface area contributed by atoms with Crippen LogP contribution in [-0.4, -0.2) is 64.8 Å². The highest BCUT2D eigenvalue weighted by Gasteiger charge is 2.28. The van der Waals surface area contributed by atoms with E-state index in [4.69, 9.17) is 16.3 Å². The number of hydrogen-bond acceptors (Lipinski definition) is 4. The van der Waals surface area contributed by atoms with Gasteiger partial charge in [0.05, 0.1) is 11.3 Å². The van der Waals surface area contributed by atoms with Gasteiger partial charge in [-0.25, -0.2) is 14.4 Å². The number of carbonyl (C=O) groups is 3. The van der Waals surface area contributed by atoms with E-state index in [1.54, 1.807) is 25.7 Å². The summed E-state index contributed by atoms with van der Waals surface area (Å²) in [6.45, 7) is 6.70. The minimum absolute atomic E-state index is 0.0850. The Labute approximate surface area is 156 Å². The average Bonchev–Trinajstić information content (AvgIpc) is 2.54. The van der Waals surface area contributed by atoms with Crippen LogP contribution in [0.1, 0.15) is 31.1 Å². The molecule has 1 heterocycles. The SMILES string of the molecule is CC(C)(C)OC(=O)N1CCN(C(=O)Nc2ccc(Cl)cc2C(=O)O)CC1. The number of amides is 3. The normalized spacial score (nSPS) is 14.8. The quantitative estimate of drug-likeness (QED) is 0.817. The maximum absolute atomic E-state index is 12.4. The maximum atomic E-state index is 12.4. The van der Waals surface area contributed by atoms with Crippen molar-refractivity contribution in [2.24, 2.45) is 0 Å². The van der Waals surface area contributed by atoms with Gasteiger partial charge in [0.1, 0.15) is 5.60 Å². The first-order chi connectivity index (χ1) is 12.1. The van der Waals surface area contributed by atoms with Crippen LogP contribution >= 0.6 is 11.6 Å². The predicted molar refractivity (Wildman–Crippen MR) is 96.8 cm³/mol. The van der Waals surface area contributed by atoms with Crippen molar-refractivity contribution in [1.29, 1.82) is 0 Å². The number of piperazine rings is 1. The molecular formula is C17H22ClN3O5. The van der Waals surface area contributed by atoms with Gasteiger partial charge in [-0.05, 0) is 39.0 Å². The number of aromatic carboxylic acids is 1. The number of benzene rings is 1. The summed E-state index contributed by atoms with van der Waals surface area (Å²) < 4.78 is 5.31. The molecule has 8 nitrogen and oxygen atoms in total. The third kappa shape index (κ3) is 5.26. The standard InChI is InChI=1S/C17H22ClN3O5/c1-17(2,3)26-16(25)21-8-6-20(7-9-21)15(24)19-13-5-4-11(18)10-12(13)14(22)23/h4-5,10H,6-9H2,1-3H3,(H,19,24)(H,22,23). The van der Waals surface area contributed by atoms with E-state index in [1.807, 2.05) is 0 Å². The number of carboxylic acid groups (broad SMARTS) is 1. The topological polar surface area (TPSA) is 99.2 Å². The van der Waals surface area contributed by atoms with Gasteiger partial charge in [-0.1, -0.05) is 11.6 Å². The molecule has 1 aliphatic heterocycles. The smallest absolute Gasteiger partial charge is 0.410 e. The summed E-state index contributed by atoms with van der Waals surface area (Å²) >= 11 is 5.80. The van der Waals surface area contributed by atoms with E-state index in [1.165, 1.54) is 23.1 Å². The lowest BCUT2D eigenvalue weighted by atomic mass is 10.2. The summed E-state index contributed by atoms with van der Waals surface area (Å²) in [6.07, 6.45) is -0.413. The van der Waals surface area contributed by atoms with Crippen LogP contribution in [0.15, 0.2) is 18.2 Å². The molecule has 1 fully saturated rings.